The lowest BCUT2D eigenvalue weighted by molar-refractivity contribution is -0.128. The first-order valence-electron chi connectivity index (χ1n) is 8.77. The van der Waals surface area contributed by atoms with Crippen LogP contribution in [0.4, 0.5) is 0 Å². The Morgan fingerprint density at radius 3 is 2.48 bits per heavy atom. The summed E-state index contributed by atoms with van der Waals surface area (Å²) in [6.45, 7) is 4.58. The molecular weight excluding hydrogens is 314 g/mol. The van der Waals surface area contributed by atoms with E-state index in [0.29, 0.717) is 13.0 Å². The van der Waals surface area contributed by atoms with Crippen molar-refractivity contribution in [1.29, 1.82) is 0 Å². The summed E-state index contributed by atoms with van der Waals surface area (Å²) in [6, 6.07) is 15.8. The molecule has 1 atom stereocenters. The van der Waals surface area contributed by atoms with Crippen molar-refractivity contribution >= 4 is 5.91 Å². The Kier molecular flexibility index (Phi) is 7.33. The fraction of sp³-hybridized carbons (Fsp3) is 0.381. The maximum Gasteiger partial charge on any atom is 0.261 e. The van der Waals surface area contributed by atoms with Crippen molar-refractivity contribution in [1.82, 2.24) is 5.32 Å². The van der Waals surface area contributed by atoms with Crippen LogP contribution in [0.2, 0.25) is 0 Å². The van der Waals surface area contributed by atoms with E-state index in [1.54, 1.807) is 7.11 Å². The highest BCUT2D eigenvalue weighted by Crippen LogP contribution is 2.19. The molecule has 0 aliphatic carbocycles. The Balaban J connectivity index is 1.76. The third-order valence-electron chi connectivity index (χ3n) is 4.13. The molecule has 0 bridgehead atoms. The zero-order valence-electron chi connectivity index (χ0n) is 15.2. The second-order valence-electron chi connectivity index (χ2n) is 6.02. The van der Waals surface area contributed by atoms with Gasteiger partial charge in [-0.15, -0.1) is 0 Å². The molecular formula is C21H27NO3. The van der Waals surface area contributed by atoms with E-state index in [1.807, 2.05) is 50.2 Å². The summed E-state index contributed by atoms with van der Waals surface area (Å²) in [5, 5.41) is 2.98. The Labute approximate surface area is 150 Å². The number of aryl methyl sites for hydroxylation is 2. The molecule has 0 saturated carbocycles. The minimum absolute atomic E-state index is 0.0551. The highest BCUT2D eigenvalue weighted by Gasteiger charge is 2.18. The van der Waals surface area contributed by atoms with Crippen LogP contribution in [0.15, 0.2) is 48.5 Å². The summed E-state index contributed by atoms with van der Waals surface area (Å²) < 4.78 is 11.0. The van der Waals surface area contributed by atoms with Gasteiger partial charge in [-0.3, -0.25) is 4.79 Å². The number of carbonyl (C=O) groups excluding carboxylic acids is 1. The average Bonchev–Trinajstić information content (AvgIpc) is 2.65. The molecule has 4 nitrogen and oxygen atoms in total. The van der Waals surface area contributed by atoms with E-state index < -0.39 is 6.10 Å². The first-order valence-corrected chi connectivity index (χ1v) is 8.77. The third-order valence-corrected chi connectivity index (χ3v) is 4.13. The molecule has 0 unspecified atom stereocenters. The smallest absolute Gasteiger partial charge is 0.261 e. The minimum Gasteiger partial charge on any atom is -0.497 e. The quantitative estimate of drug-likeness (QED) is 0.704. The molecule has 0 saturated heterocycles. The topological polar surface area (TPSA) is 47.6 Å². The van der Waals surface area contributed by atoms with Gasteiger partial charge >= 0.3 is 0 Å². The molecule has 4 heteroatoms. The molecule has 2 aromatic carbocycles. The number of para-hydroxylation sites is 1. The fourth-order valence-corrected chi connectivity index (χ4v) is 2.57. The molecule has 0 aromatic heterocycles. The molecule has 0 heterocycles. The van der Waals surface area contributed by atoms with E-state index in [4.69, 9.17) is 9.47 Å². The van der Waals surface area contributed by atoms with Gasteiger partial charge in [0.05, 0.1) is 7.11 Å². The molecule has 25 heavy (non-hydrogen) atoms. The lowest BCUT2D eigenvalue weighted by Crippen LogP contribution is -2.38. The zero-order chi connectivity index (χ0) is 18.1. The normalized spacial score (nSPS) is 11.6. The standard InChI is InChI=1S/C21H27NO3/c1-4-19(25-20-10-6-5-8-16(20)2)21(23)22-15-7-9-17-11-13-18(24-3)14-12-17/h5-6,8,10-14,19H,4,7,9,15H2,1-3H3,(H,22,23)/t19-/m0/s1. The Morgan fingerprint density at radius 2 is 1.84 bits per heavy atom. The van der Waals surface area contributed by atoms with Crippen LogP contribution in [0.3, 0.4) is 0 Å². The van der Waals surface area contributed by atoms with E-state index in [0.717, 1.165) is 29.9 Å². The summed E-state index contributed by atoms with van der Waals surface area (Å²) in [5.41, 5.74) is 2.27. The van der Waals surface area contributed by atoms with Gasteiger partial charge in [0.15, 0.2) is 6.10 Å². The average molecular weight is 341 g/mol. The molecule has 134 valence electrons. The van der Waals surface area contributed by atoms with E-state index >= 15 is 0 Å². The minimum atomic E-state index is -0.456. The van der Waals surface area contributed by atoms with Gasteiger partial charge in [-0.05, 0) is 55.5 Å². The van der Waals surface area contributed by atoms with Crippen LogP contribution in [0, 0.1) is 6.92 Å². The summed E-state index contributed by atoms with van der Waals surface area (Å²) in [4.78, 5) is 12.3. The van der Waals surface area contributed by atoms with Gasteiger partial charge in [-0.2, -0.15) is 0 Å². The molecule has 0 fully saturated rings. The van der Waals surface area contributed by atoms with Crippen molar-refractivity contribution in [2.75, 3.05) is 13.7 Å². The maximum absolute atomic E-state index is 12.3. The van der Waals surface area contributed by atoms with Crippen molar-refractivity contribution in [3.63, 3.8) is 0 Å². The number of benzene rings is 2. The number of carbonyl (C=O) groups is 1. The number of hydrogen-bond acceptors (Lipinski definition) is 3. The van der Waals surface area contributed by atoms with Crippen molar-refractivity contribution in [2.24, 2.45) is 0 Å². The second kappa shape index (κ2) is 9.72. The summed E-state index contributed by atoms with van der Waals surface area (Å²) >= 11 is 0. The number of amides is 1. The molecule has 2 rings (SSSR count). The van der Waals surface area contributed by atoms with Crippen LogP contribution in [0.5, 0.6) is 11.5 Å². The van der Waals surface area contributed by atoms with Crippen molar-refractivity contribution in [2.45, 2.75) is 39.2 Å². The molecule has 1 N–H and O–H groups in total. The SMILES string of the molecule is CC[C@H](Oc1ccccc1C)C(=O)NCCCc1ccc(OC)cc1. The lowest BCUT2D eigenvalue weighted by atomic mass is 10.1. The van der Waals surface area contributed by atoms with Crippen molar-refractivity contribution in [3.05, 3.63) is 59.7 Å². The Bertz CT molecular complexity index is 667. The maximum atomic E-state index is 12.3. The molecule has 0 aliphatic heterocycles. The van der Waals surface area contributed by atoms with Crippen LogP contribution in [-0.2, 0) is 11.2 Å². The zero-order valence-corrected chi connectivity index (χ0v) is 15.2. The van der Waals surface area contributed by atoms with Crippen LogP contribution in [0.1, 0.15) is 30.9 Å². The largest absolute Gasteiger partial charge is 0.497 e. The van der Waals surface area contributed by atoms with Gasteiger partial charge in [-0.1, -0.05) is 37.3 Å². The van der Waals surface area contributed by atoms with Gasteiger partial charge in [0.25, 0.3) is 5.91 Å². The number of rotatable bonds is 9. The van der Waals surface area contributed by atoms with Crippen LogP contribution < -0.4 is 14.8 Å². The first kappa shape index (κ1) is 18.8. The number of nitrogens with one attached hydrogen (secondary N) is 1. The highest BCUT2D eigenvalue weighted by atomic mass is 16.5. The Morgan fingerprint density at radius 1 is 1.12 bits per heavy atom. The van der Waals surface area contributed by atoms with Crippen molar-refractivity contribution < 1.29 is 14.3 Å². The number of methoxy groups -OCH3 is 1. The van der Waals surface area contributed by atoms with Gasteiger partial charge in [0.2, 0.25) is 0 Å². The van der Waals surface area contributed by atoms with Gasteiger partial charge in [-0.25, -0.2) is 0 Å². The van der Waals surface area contributed by atoms with E-state index in [1.165, 1.54) is 5.56 Å². The van der Waals surface area contributed by atoms with Gasteiger partial charge < -0.3 is 14.8 Å². The van der Waals surface area contributed by atoms with E-state index in [-0.39, 0.29) is 5.91 Å². The molecule has 0 aliphatic rings. The Hall–Kier alpha value is -2.49. The molecule has 0 spiro atoms. The van der Waals surface area contributed by atoms with Gasteiger partial charge in [0, 0.05) is 6.54 Å². The summed E-state index contributed by atoms with van der Waals surface area (Å²) in [5.74, 6) is 1.57. The van der Waals surface area contributed by atoms with E-state index in [9.17, 15) is 4.79 Å². The van der Waals surface area contributed by atoms with Crippen LogP contribution >= 0.6 is 0 Å². The summed E-state index contributed by atoms with van der Waals surface area (Å²) in [6.07, 6.45) is 1.99. The molecule has 2 aromatic rings. The van der Waals surface area contributed by atoms with Crippen molar-refractivity contribution in [3.8, 4) is 11.5 Å². The molecule has 0 radical (unpaired) electrons. The highest BCUT2D eigenvalue weighted by molar-refractivity contribution is 5.81. The molecule has 1 amide bonds. The van der Waals surface area contributed by atoms with E-state index in [2.05, 4.69) is 17.4 Å². The first-order chi connectivity index (χ1) is 12.1. The van der Waals surface area contributed by atoms with Crippen LogP contribution in [0.25, 0.3) is 0 Å². The summed E-state index contributed by atoms with van der Waals surface area (Å²) in [7, 11) is 1.66. The van der Waals surface area contributed by atoms with Gasteiger partial charge in [0.1, 0.15) is 11.5 Å². The lowest BCUT2D eigenvalue weighted by Gasteiger charge is -2.18. The second-order valence-corrected chi connectivity index (χ2v) is 6.02. The monoisotopic (exact) mass is 341 g/mol. The number of hydrogen-bond donors (Lipinski definition) is 1. The predicted octanol–water partition coefficient (Wildman–Crippen LogP) is 3.91. The predicted molar refractivity (Wildman–Crippen MR) is 100 cm³/mol. The number of ether oxygens (including phenoxy) is 2. The third kappa shape index (κ3) is 5.82. The van der Waals surface area contributed by atoms with Crippen LogP contribution in [-0.4, -0.2) is 25.7 Å². The fourth-order valence-electron chi connectivity index (χ4n) is 2.57.